The van der Waals surface area contributed by atoms with Crippen molar-refractivity contribution in [2.24, 2.45) is 0 Å². The van der Waals surface area contributed by atoms with Gasteiger partial charge in [-0.1, -0.05) is 11.6 Å². The average Bonchev–Trinajstić information content (AvgIpc) is 2.52. The Morgan fingerprint density at radius 2 is 2.00 bits per heavy atom. The summed E-state index contributed by atoms with van der Waals surface area (Å²) in [6.07, 6.45) is 0. The summed E-state index contributed by atoms with van der Waals surface area (Å²) in [7, 11) is 4.23. The van der Waals surface area contributed by atoms with Crippen LogP contribution in [0.5, 0.6) is 0 Å². The minimum absolute atomic E-state index is 0.0408. The van der Waals surface area contributed by atoms with Gasteiger partial charge in [0.25, 0.3) is 5.56 Å². The largest absolute Gasteiger partial charge is 0.363 e. The van der Waals surface area contributed by atoms with Crippen molar-refractivity contribution in [3.8, 4) is 0 Å². The molecule has 25 heavy (non-hydrogen) atoms. The van der Waals surface area contributed by atoms with E-state index < -0.39 is 0 Å². The smallest absolute Gasteiger partial charge is 0.253 e. The van der Waals surface area contributed by atoms with Gasteiger partial charge in [0.1, 0.15) is 0 Å². The van der Waals surface area contributed by atoms with Crippen molar-refractivity contribution in [1.29, 1.82) is 0 Å². The zero-order chi connectivity index (χ0) is 18.6. The number of aromatic amines is 1. The second-order valence-electron chi connectivity index (χ2n) is 6.88. The highest BCUT2D eigenvalue weighted by Gasteiger charge is 2.14. The lowest BCUT2D eigenvalue weighted by molar-refractivity contribution is -0.857. The normalized spacial score (nSPS) is 11.1. The molecule has 0 spiro atoms. The molecule has 0 aliphatic heterocycles. The van der Waals surface area contributed by atoms with E-state index in [-0.39, 0.29) is 5.56 Å². The number of quaternary nitrogens is 1. The van der Waals surface area contributed by atoms with Crippen LogP contribution in [0, 0.1) is 13.8 Å². The van der Waals surface area contributed by atoms with Crippen LogP contribution in [-0.4, -0.2) is 48.7 Å². The van der Waals surface area contributed by atoms with Crippen molar-refractivity contribution in [2.75, 3.05) is 33.7 Å². The van der Waals surface area contributed by atoms with Gasteiger partial charge in [-0.25, -0.2) is 0 Å². The van der Waals surface area contributed by atoms with Crippen LogP contribution in [-0.2, 0) is 6.54 Å². The number of hydrogen-bond donors (Lipinski definition) is 3. The Balaban J connectivity index is 2.35. The van der Waals surface area contributed by atoms with E-state index in [0.29, 0.717) is 11.7 Å². The minimum Gasteiger partial charge on any atom is -0.363 e. The van der Waals surface area contributed by atoms with Crippen LogP contribution >= 0.6 is 12.2 Å². The van der Waals surface area contributed by atoms with Crippen LogP contribution in [0.2, 0.25) is 0 Å². The molecule has 0 aliphatic rings. The summed E-state index contributed by atoms with van der Waals surface area (Å²) in [5.41, 5.74) is 3.90. The first kappa shape index (κ1) is 19.4. The number of thiocarbonyl (C=S) groups is 1. The quantitative estimate of drug-likeness (QED) is 0.672. The van der Waals surface area contributed by atoms with Gasteiger partial charge in [-0.3, -0.25) is 4.79 Å². The third-order valence-electron chi connectivity index (χ3n) is 4.23. The van der Waals surface area contributed by atoms with Crippen molar-refractivity contribution in [2.45, 2.75) is 27.3 Å². The minimum atomic E-state index is -0.0408. The lowest BCUT2D eigenvalue weighted by atomic mass is 10.1. The molecule has 2 rings (SSSR count). The Morgan fingerprint density at radius 1 is 1.28 bits per heavy atom. The summed E-state index contributed by atoms with van der Waals surface area (Å²) in [4.78, 5) is 19.0. The summed E-state index contributed by atoms with van der Waals surface area (Å²) < 4.78 is 0. The van der Waals surface area contributed by atoms with E-state index in [4.69, 9.17) is 12.2 Å². The van der Waals surface area contributed by atoms with Crippen LogP contribution in [0.25, 0.3) is 10.9 Å². The predicted molar refractivity (Wildman–Crippen MR) is 108 cm³/mol. The molecule has 6 heteroatoms. The van der Waals surface area contributed by atoms with Crippen LogP contribution in [0.1, 0.15) is 23.6 Å². The van der Waals surface area contributed by atoms with Crippen molar-refractivity contribution in [1.82, 2.24) is 15.2 Å². The van der Waals surface area contributed by atoms with Gasteiger partial charge in [-0.05, 0) is 56.1 Å². The Labute approximate surface area is 155 Å². The third kappa shape index (κ3) is 5.03. The molecule has 1 aromatic carbocycles. The van der Waals surface area contributed by atoms with Gasteiger partial charge in [0.05, 0.1) is 39.2 Å². The highest BCUT2D eigenvalue weighted by molar-refractivity contribution is 7.80. The molecule has 0 aliphatic carbocycles. The summed E-state index contributed by atoms with van der Waals surface area (Å²) in [6, 6.07) is 6.20. The van der Waals surface area contributed by atoms with E-state index >= 15 is 0 Å². The summed E-state index contributed by atoms with van der Waals surface area (Å²) >= 11 is 5.50. The molecule has 0 unspecified atom stereocenters. The number of aromatic nitrogens is 1. The molecular weight excluding hydrogens is 332 g/mol. The van der Waals surface area contributed by atoms with Gasteiger partial charge in [-0.2, -0.15) is 0 Å². The highest BCUT2D eigenvalue weighted by Crippen LogP contribution is 2.18. The zero-order valence-electron chi connectivity index (χ0n) is 15.8. The molecule has 1 aromatic heterocycles. The molecule has 136 valence electrons. The lowest BCUT2D eigenvalue weighted by Gasteiger charge is -2.26. The number of nitrogens with one attached hydrogen (secondary N) is 3. The molecule has 2 aromatic rings. The molecule has 0 atom stereocenters. The summed E-state index contributed by atoms with van der Waals surface area (Å²) in [6.45, 7) is 9.17. The van der Waals surface area contributed by atoms with Crippen LogP contribution in [0.3, 0.4) is 0 Å². The van der Waals surface area contributed by atoms with Crippen molar-refractivity contribution in [3.05, 3.63) is 45.2 Å². The molecule has 0 saturated carbocycles. The summed E-state index contributed by atoms with van der Waals surface area (Å²) in [5, 5.41) is 4.97. The Morgan fingerprint density at radius 3 is 2.64 bits per heavy atom. The van der Waals surface area contributed by atoms with E-state index in [9.17, 15) is 4.79 Å². The highest BCUT2D eigenvalue weighted by atomic mass is 32.1. The van der Waals surface area contributed by atoms with Gasteiger partial charge in [-0.15, -0.1) is 0 Å². The van der Waals surface area contributed by atoms with Gasteiger partial charge in [0.2, 0.25) is 0 Å². The molecule has 0 radical (unpaired) electrons. The molecule has 3 N–H and O–H groups in total. The maximum absolute atomic E-state index is 12.6. The molecule has 0 amide bonds. The SMILES string of the molecule is CCNC(=S)N(CC[NH+](C)C)Cc1cc2cc(C)cc(C)c2[nH]c1=O. The molecule has 5 nitrogen and oxygen atoms in total. The second-order valence-corrected chi connectivity index (χ2v) is 7.27. The monoisotopic (exact) mass is 361 g/mol. The first-order valence-electron chi connectivity index (χ1n) is 8.76. The molecule has 0 fully saturated rings. The molecular formula is C19H29N4OS+. The fourth-order valence-electron chi connectivity index (χ4n) is 2.93. The number of rotatable bonds is 6. The Bertz CT molecular complexity index is 813. The number of likely N-dealkylation sites (N-methyl/N-ethyl adjacent to an activating group) is 1. The predicted octanol–water partition coefficient (Wildman–Crippen LogP) is 0.986. The zero-order valence-corrected chi connectivity index (χ0v) is 16.6. The van der Waals surface area contributed by atoms with E-state index in [1.54, 1.807) is 0 Å². The number of pyridine rings is 1. The van der Waals surface area contributed by atoms with Crippen LogP contribution in [0.4, 0.5) is 0 Å². The van der Waals surface area contributed by atoms with E-state index in [1.165, 1.54) is 10.5 Å². The maximum Gasteiger partial charge on any atom is 0.253 e. The fraction of sp³-hybridized carbons (Fsp3) is 0.474. The average molecular weight is 362 g/mol. The van der Waals surface area contributed by atoms with Crippen molar-refractivity contribution >= 4 is 28.2 Å². The summed E-state index contributed by atoms with van der Waals surface area (Å²) in [5.74, 6) is 0. The number of aryl methyl sites for hydroxylation is 2. The third-order valence-corrected chi connectivity index (χ3v) is 4.63. The van der Waals surface area contributed by atoms with Gasteiger partial charge < -0.3 is 20.1 Å². The van der Waals surface area contributed by atoms with Crippen molar-refractivity contribution in [3.63, 3.8) is 0 Å². The fourth-order valence-corrected chi connectivity index (χ4v) is 3.23. The molecule has 0 bridgehead atoms. The van der Waals surface area contributed by atoms with Crippen molar-refractivity contribution < 1.29 is 4.90 Å². The number of fused-ring (bicyclic) bond motifs is 1. The van der Waals surface area contributed by atoms with Gasteiger partial charge >= 0.3 is 0 Å². The number of benzene rings is 1. The lowest BCUT2D eigenvalue weighted by Crippen LogP contribution is -3.06. The second kappa shape index (κ2) is 8.45. The van der Waals surface area contributed by atoms with E-state index in [2.05, 4.69) is 48.4 Å². The van der Waals surface area contributed by atoms with Gasteiger partial charge in [0, 0.05) is 12.1 Å². The standard InChI is InChI=1S/C19H28N4OS/c1-6-20-19(25)23(8-7-22(4)5)12-16-11-15-10-13(2)9-14(3)17(15)21-18(16)24/h9-11H,6-8,12H2,1-5H3,(H,20,25)(H,21,24)/p+1. The topological polar surface area (TPSA) is 52.6 Å². The first-order valence-corrected chi connectivity index (χ1v) is 9.17. The van der Waals surface area contributed by atoms with Crippen LogP contribution in [0.15, 0.2) is 23.0 Å². The number of hydrogen-bond acceptors (Lipinski definition) is 2. The Kier molecular flexibility index (Phi) is 6.56. The Hall–Kier alpha value is -1.92. The molecule has 0 saturated heterocycles. The van der Waals surface area contributed by atoms with E-state index in [0.717, 1.165) is 41.7 Å². The van der Waals surface area contributed by atoms with E-state index in [1.807, 2.05) is 19.9 Å². The van der Waals surface area contributed by atoms with Gasteiger partial charge in [0.15, 0.2) is 5.11 Å². The number of H-pyrrole nitrogens is 1. The maximum atomic E-state index is 12.6. The van der Waals surface area contributed by atoms with Crippen LogP contribution < -0.4 is 15.8 Å². The first-order chi connectivity index (χ1) is 11.8. The number of nitrogens with zero attached hydrogens (tertiary/aromatic N) is 1. The molecule has 1 heterocycles.